The van der Waals surface area contributed by atoms with E-state index >= 15 is 0 Å². The molecule has 0 atom stereocenters. The first-order chi connectivity index (χ1) is 14.4. The van der Waals surface area contributed by atoms with Crippen LogP contribution >= 0.6 is 0 Å². The van der Waals surface area contributed by atoms with Gasteiger partial charge in [-0.3, -0.25) is 14.9 Å². The first kappa shape index (κ1) is 22.4. The van der Waals surface area contributed by atoms with E-state index in [-0.39, 0.29) is 11.4 Å². The van der Waals surface area contributed by atoms with Gasteiger partial charge >= 0.3 is 5.97 Å². The van der Waals surface area contributed by atoms with Crippen molar-refractivity contribution < 1.29 is 28.7 Å². The van der Waals surface area contributed by atoms with Crippen LogP contribution in [0.3, 0.4) is 0 Å². The molecular weight excluding hydrogens is 392 g/mol. The highest BCUT2D eigenvalue weighted by atomic mass is 16.6. The van der Waals surface area contributed by atoms with E-state index in [2.05, 4.69) is 5.32 Å². The summed E-state index contributed by atoms with van der Waals surface area (Å²) in [6.07, 6.45) is 2.69. The first-order valence-electron chi connectivity index (χ1n) is 9.22. The Hall–Kier alpha value is -3.88. The molecule has 0 unspecified atom stereocenters. The van der Waals surface area contributed by atoms with Gasteiger partial charge in [-0.1, -0.05) is 18.2 Å². The summed E-state index contributed by atoms with van der Waals surface area (Å²) in [6.45, 7) is 3.83. The Kier molecular flexibility index (Phi) is 8.37. The Bertz CT molecular complexity index is 941. The highest BCUT2D eigenvalue weighted by molar-refractivity contribution is 5.96. The molecule has 0 saturated heterocycles. The quantitative estimate of drug-likeness (QED) is 0.273. The van der Waals surface area contributed by atoms with Crippen LogP contribution in [0.5, 0.6) is 11.5 Å². The number of nitro groups is 1. The van der Waals surface area contributed by atoms with Crippen molar-refractivity contribution in [3.8, 4) is 11.5 Å². The van der Waals surface area contributed by atoms with Crippen molar-refractivity contribution in [2.45, 2.75) is 13.8 Å². The molecule has 0 radical (unpaired) electrons. The van der Waals surface area contributed by atoms with Gasteiger partial charge in [-0.15, -0.1) is 0 Å². The number of amides is 1. The Morgan fingerprint density at radius 2 is 1.83 bits per heavy atom. The van der Waals surface area contributed by atoms with Gasteiger partial charge in [0.2, 0.25) is 0 Å². The topological polar surface area (TPSA) is 117 Å². The smallest absolute Gasteiger partial charge is 0.331 e. The van der Waals surface area contributed by atoms with E-state index < -0.39 is 23.4 Å². The molecule has 1 N–H and O–H groups in total. The molecule has 0 aliphatic carbocycles. The second-order valence-corrected chi connectivity index (χ2v) is 5.83. The zero-order valence-corrected chi connectivity index (χ0v) is 16.6. The second kappa shape index (κ2) is 11.2. The Morgan fingerprint density at radius 3 is 2.53 bits per heavy atom. The number of nitrogens with one attached hydrogen (secondary N) is 1. The fourth-order valence-corrected chi connectivity index (χ4v) is 2.46. The van der Waals surface area contributed by atoms with Gasteiger partial charge in [0.25, 0.3) is 11.6 Å². The predicted molar refractivity (Wildman–Crippen MR) is 110 cm³/mol. The van der Waals surface area contributed by atoms with Crippen molar-refractivity contribution >= 4 is 29.3 Å². The van der Waals surface area contributed by atoms with E-state index in [1.807, 2.05) is 13.0 Å². The summed E-state index contributed by atoms with van der Waals surface area (Å²) >= 11 is 0. The van der Waals surface area contributed by atoms with E-state index in [0.29, 0.717) is 30.3 Å². The maximum absolute atomic E-state index is 12.0. The number of hydrogen-bond acceptors (Lipinski definition) is 7. The molecule has 9 heteroatoms. The van der Waals surface area contributed by atoms with E-state index in [0.717, 1.165) is 0 Å². The van der Waals surface area contributed by atoms with Crippen LogP contribution in [0.15, 0.2) is 48.5 Å². The molecule has 9 nitrogen and oxygen atoms in total. The summed E-state index contributed by atoms with van der Waals surface area (Å²) in [5.74, 6) is -0.521. The molecule has 0 aromatic heterocycles. The summed E-state index contributed by atoms with van der Waals surface area (Å²) in [5.41, 5.74) is 0.338. The Balaban J connectivity index is 1.95. The third-order valence-electron chi connectivity index (χ3n) is 3.71. The van der Waals surface area contributed by atoms with Crippen molar-refractivity contribution in [2.75, 3.05) is 25.1 Å². The normalized spacial score (nSPS) is 10.5. The van der Waals surface area contributed by atoms with E-state index in [9.17, 15) is 19.7 Å². The number of ether oxygens (including phenoxy) is 3. The molecule has 0 aliphatic rings. The van der Waals surface area contributed by atoms with Crippen LogP contribution in [-0.4, -0.2) is 36.6 Å². The van der Waals surface area contributed by atoms with E-state index in [4.69, 9.17) is 14.2 Å². The van der Waals surface area contributed by atoms with Crippen molar-refractivity contribution in [3.63, 3.8) is 0 Å². The van der Waals surface area contributed by atoms with Crippen LogP contribution in [0.2, 0.25) is 0 Å². The molecule has 0 saturated carbocycles. The number of hydrogen-bond donors (Lipinski definition) is 1. The Labute approximate surface area is 173 Å². The van der Waals surface area contributed by atoms with Crippen molar-refractivity contribution in [1.82, 2.24) is 0 Å². The lowest BCUT2D eigenvalue weighted by Crippen LogP contribution is -2.20. The van der Waals surface area contributed by atoms with Crippen LogP contribution < -0.4 is 14.8 Å². The van der Waals surface area contributed by atoms with E-state index in [1.165, 1.54) is 30.4 Å². The minimum Gasteiger partial charge on any atom is -0.494 e. The van der Waals surface area contributed by atoms with Gasteiger partial charge in [0.1, 0.15) is 17.2 Å². The molecule has 2 aromatic carbocycles. The monoisotopic (exact) mass is 414 g/mol. The van der Waals surface area contributed by atoms with Crippen LogP contribution in [0, 0.1) is 10.1 Å². The molecule has 2 aromatic rings. The van der Waals surface area contributed by atoms with Gasteiger partial charge in [-0.05, 0) is 38.1 Å². The molecule has 30 heavy (non-hydrogen) atoms. The zero-order valence-electron chi connectivity index (χ0n) is 16.6. The highest BCUT2D eigenvalue weighted by Gasteiger charge is 2.18. The number of benzene rings is 2. The summed E-state index contributed by atoms with van der Waals surface area (Å²) in [6, 6.07) is 11.2. The van der Waals surface area contributed by atoms with Crippen molar-refractivity contribution in [2.24, 2.45) is 0 Å². The Morgan fingerprint density at radius 1 is 1.10 bits per heavy atom. The number of para-hydroxylation sites is 1. The summed E-state index contributed by atoms with van der Waals surface area (Å²) < 4.78 is 15.6. The van der Waals surface area contributed by atoms with E-state index in [1.54, 1.807) is 25.1 Å². The van der Waals surface area contributed by atoms with Crippen LogP contribution in [0.4, 0.5) is 11.4 Å². The molecule has 0 bridgehead atoms. The molecule has 0 spiro atoms. The fourth-order valence-electron chi connectivity index (χ4n) is 2.46. The molecule has 158 valence electrons. The SMILES string of the molecule is CCOc1ccc(NC(=O)COC(=O)/C=C/c2ccccc2OCC)c([N+](=O)[O-])c1. The molecule has 0 heterocycles. The van der Waals surface area contributed by atoms with Crippen LogP contribution in [-0.2, 0) is 14.3 Å². The predicted octanol–water partition coefficient (Wildman–Crippen LogP) is 3.59. The van der Waals surface area contributed by atoms with Gasteiger partial charge in [0.05, 0.1) is 24.2 Å². The maximum Gasteiger partial charge on any atom is 0.331 e. The summed E-state index contributed by atoms with van der Waals surface area (Å²) in [4.78, 5) is 34.5. The minimum absolute atomic E-state index is 0.0225. The average Bonchev–Trinajstić information content (AvgIpc) is 2.73. The van der Waals surface area contributed by atoms with Crippen molar-refractivity contribution in [3.05, 3.63) is 64.2 Å². The minimum atomic E-state index is -0.738. The number of rotatable bonds is 10. The number of anilines is 1. The third-order valence-corrected chi connectivity index (χ3v) is 3.71. The number of carbonyl (C=O) groups excluding carboxylic acids is 2. The number of carbonyl (C=O) groups is 2. The standard InChI is InChI=1S/C21H22N2O7/c1-3-28-16-10-11-17(18(13-16)23(26)27)22-20(24)14-30-21(25)12-9-15-7-5-6-8-19(15)29-4-2/h5-13H,3-4,14H2,1-2H3,(H,22,24)/b12-9+. The number of nitro benzene ring substituents is 1. The lowest BCUT2D eigenvalue weighted by Gasteiger charge is -2.08. The molecular formula is C21H22N2O7. The largest absolute Gasteiger partial charge is 0.494 e. The summed E-state index contributed by atoms with van der Waals surface area (Å²) in [7, 11) is 0. The van der Waals surface area contributed by atoms with Gasteiger partial charge in [-0.25, -0.2) is 4.79 Å². The van der Waals surface area contributed by atoms with Crippen LogP contribution in [0.25, 0.3) is 6.08 Å². The van der Waals surface area contributed by atoms with Gasteiger partial charge < -0.3 is 19.5 Å². The van der Waals surface area contributed by atoms with Crippen LogP contribution in [0.1, 0.15) is 19.4 Å². The maximum atomic E-state index is 12.0. The second-order valence-electron chi connectivity index (χ2n) is 5.83. The highest BCUT2D eigenvalue weighted by Crippen LogP contribution is 2.29. The van der Waals surface area contributed by atoms with Crippen molar-refractivity contribution in [1.29, 1.82) is 0 Å². The number of esters is 1. The van der Waals surface area contributed by atoms with Gasteiger partial charge in [0.15, 0.2) is 6.61 Å². The first-order valence-corrected chi connectivity index (χ1v) is 9.22. The molecule has 0 aliphatic heterocycles. The van der Waals surface area contributed by atoms with Gasteiger partial charge in [-0.2, -0.15) is 0 Å². The average molecular weight is 414 g/mol. The lowest BCUT2D eigenvalue weighted by molar-refractivity contribution is -0.384. The van der Waals surface area contributed by atoms with Gasteiger partial charge in [0, 0.05) is 11.6 Å². The molecule has 2 rings (SSSR count). The summed E-state index contributed by atoms with van der Waals surface area (Å²) in [5, 5.41) is 13.6. The zero-order chi connectivity index (χ0) is 21.9. The number of nitrogens with zero attached hydrogens (tertiary/aromatic N) is 1. The lowest BCUT2D eigenvalue weighted by atomic mass is 10.2. The fraction of sp³-hybridized carbons (Fsp3) is 0.238. The molecule has 1 amide bonds. The molecule has 0 fully saturated rings. The third kappa shape index (κ3) is 6.62.